The summed E-state index contributed by atoms with van der Waals surface area (Å²) in [6.07, 6.45) is 6.18. The van der Waals surface area contributed by atoms with E-state index in [1.54, 1.807) is 34.2 Å². The van der Waals surface area contributed by atoms with Crippen molar-refractivity contribution in [2.75, 3.05) is 37.3 Å². The molecule has 0 radical (unpaired) electrons. The number of pyridine rings is 1. The van der Waals surface area contributed by atoms with E-state index in [0.717, 1.165) is 27.8 Å². The number of amides is 5. The molecule has 5 amide bonds. The van der Waals surface area contributed by atoms with Crippen molar-refractivity contribution in [2.24, 2.45) is 5.41 Å². The summed E-state index contributed by atoms with van der Waals surface area (Å²) in [5, 5.41) is 12.0. The quantitative estimate of drug-likeness (QED) is 0.198. The average Bonchev–Trinajstić information content (AvgIpc) is 3.50. The molecule has 1 aliphatic heterocycles. The summed E-state index contributed by atoms with van der Waals surface area (Å²) in [7, 11) is 1.88. The van der Waals surface area contributed by atoms with Crippen molar-refractivity contribution in [1.29, 1.82) is 0 Å². The Labute approximate surface area is 294 Å². The minimum atomic E-state index is -0.675. The van der Waals surface area contributed by atoms with Crippen LogP contribution in [0.2, 0.25) is 0 Å². The minimum absolute atomic E-state index is 0.0297. The fourth-order valence-corrected chi connectivity index (χ4v) is 6.86. The number of likely N-dealkylation sites (tertiary alicyclic amines) is 1. The molecule has 4 N–H and O–H groups in total. The summed E-state index contributed by atoms with van der Waals surface area (Å²) in [5.74, 6) is -0.0772. The Bertz CT molecular complexity index is 1710. The summed E-state index contributed by atoms with van der Waals surface area (Å²) >= 11 is 0. The predicted molar refractivity (Wildman–Crippen MR) is 195 cm³/mol. The molecule has 11 heteroatoms. The van der Waals surface area contributed by atoms with Crippen molar-refractivity contribution >= 4 is 35.3 Å². The first kappa shape index (κ1) is 36.3. The van der Waals surface area contributed by atoms with E-state index in [0.29, 0.717) is 69.8 Å². The van der Waals surface area contributed by atoms with Crippen molar-refractivity contribution in [3.8, 4) is 0 Å². The van der Waals surface area contributed by atoms with Crippen molar-refractivity contribution < 1.29 is 19.2 Å². The number of allylic oxidation sites excluding steroid dienone is 1. The van der Waals surface area contributed by atoms with Crippen LogP contribution in [0.3, 0.4) is 0 Å². The highest BCUT2D eigenvalue weighted by molar-refractivity contribution is 5.99. The lowest BCUT2D eigenvalue weighted by atomic mass is 9.74. The highest BCUT2D eigenvalue weighted by Crippen LogP contribution is 2.38. The number of benzene rings is 2. The van der Waals surface area contributed by atoms with Crippen LogP contribution < -0.4 is 21.3 Å². The van der Waals surface area contributed by atoms with Gasteiger partial charge in [0, 0.05) is 50.2 Å². The van der Waals surface area contributed by atoms with Gasteiger partial charge in [0.25, 0.3) is 0 Å². The van der Waals surface area contributed by atoms with E-state index in [1.807, 2.05) is 76.3 Å². The molecule has 11 nitrogen and oxygen atoms in total. The third-order valence-electron chi connectivity index (χ3n) is 9.60. The smallest absolute Gasteiger partial charge is 0.317 e. The standard InChI is InChI=1S/C39H49N7O4/c1-5-39(15-18-45(19-16-39)38(50)42-27(2)3)37(49)46(25-31-11-7-6-10-30(31)24-40-4)26-36(48)43-33-14-13-29-20-28(21-32(29)23-33)22-35(47)44-34-12-8-9-17-41-34/h6-14,17,22-23,27,40H,5,15-16,18-21,24-26H2,1-4H3,(H,42,50)(H,43,48)(H,41,44,47)/b28-22+. The lowest BCUT2D eigenvalue weighted by Gasteiger charge is -2.43. The predicted octanol–water partition coefficient (Wildman–Crippen LogP) is 5.04. The second-order valence-electron chi connectivity index (χ2n) is 13.6. The van der Waals surface area contributed by atoms with Gasteiger partial charge in [-0.25, -0.2) is 9.78 Å². The van der Waals surface area contributed by atoms with Crippen molar-refractivity contribution in [3.05, 3.63) is 101 Å². The Balaban J connectivity index is 1.29. The molecular formula is C39H49N7O4. The zero-order valence-electron chi connectivity index (χ0n) is 29.6. The topological polar surface area (TPSA) is 136 Å². The van der Waals surface area contributed by atoms with Crippen molar-refractivity contribution in [1.82, 2.24) is 25.4 Å². The molecular weight excluding hydrogens is 630 g/mol. The van der Waals surface area contributed by atoms with Gasteiger partial charge in [-0.3, -0.25) is 14.4 Å². The summed E-state index contributed by atoms with van der Waals surface area (Å²) < 4.78 is 0. The number of urea groups is 1. The van der Waals surface area contributed by atoms with Crippen LogP contribution in [-0.2, 0) is 40.3 Å². The number of nitrogens with zero attached hydrogens (tertiary/aromatic N) is 3. The maximum atomic E-state index is 14.5. The number of nitrogens with one attached hydrogen (secondary N) is 4. The molecule has 2 aromatic carbocycles. The average molecular weight is 680 g/mol. The Morgan fingerprint density at radius 3 is 2.34 bits per heavy atom. The van der Waals surface area contributed by atoms with Crippen LogP contribution in [0.25, 0.3) is 0 Å². The van der Waals surface area contributed by atoms with Crippen LogP contribution in [0.1, 0.15) is 62.3 Å². The molecule has 1 fully saturated rings. The monoisotopic (exact) mass is 679 g/mol. The Morgan fingerprint density at radius 2 is 1.66 bits per heavy atom. The fraction of sp³-hybridized carbons (Fsp3) is 0.410. The maximum absolute atomic E-state index is 14.5. The van der Waals surface area contributed by atoms with Gasteiger partial charge < -0.3 is 31.1 Å². The second kappa shape index (κ2) is 16.6. The highest BCUT2D eigenvalue weighted by atomic mass is 16.2. The Kier molecular flexibility index (Phi) is 12.0. The Hall–Kier alpha value is -5.03. The van der Waals surface area contributed by atoms with Gasteiger partial charge >= 0.3 is 6.03 Å². The van der Waals surface area contributed by atoms with E-state index in [-0.39, 0.29) is 36.3 Å². The zero-order valence-corrected chi connectivity index (χ0v) is 29.6. The molecule has 0 unspecified atom stereocenters. The summed E-state index contributed by atoms with van der Waals surface area (Å²) in [6, 6.07) is 19.0. The van der Waals surface area contributed by atoms with Crippen molar-refractivity contribution in [2.45, 2.75) is 72.0 Å². The SMILES string of the molecule is CCC1(C(=O)N(CC(=O)Nc2ccc3c(c2)C/C(=C/C(=O)Nc2ccccn2)C3)Cc2ccccc2CNC)CCN(C(=O)NC(C)C)CC1. The number of carbonyl (C=O) groups excluding carboxylic acids is 4. The normalized spacial score (nSPS) is 15.8. The third kappa shape index (κ3) is 9.15. The van der Waals surface area contributed by atoms with Crippen LogP contribution >= 0.6 is 0 Å². The number of hydrogen-bond acceptors (Lipinski definition) is 6. The molecule has 3 aromatic rings. The van der Waals surface area contributed by atoms with Gasteiger partial charge in [0.05, 0.1) is 5.41 Å². The first-order valence-electron chi connectivity index (χ1n) is 17.5. The molecule has 264 valence electrons. The largest absolute Gasteiger partial charge is 0.336 e. The highest BCUT2D eigenvalue weighted by Gasteiger charge is 2.43. The van der Waals surface area contributed by atoms with Crippen molar-refractivity contribution in [3.63, 3.8) is 0 Å². The van der Waals surface area contributed by atoms with Gasteiger partial charge in [-0.1, -0.05) is 48.9 Å². The number of rotatable bonds is 12. The molecule has 1 aliphatic carbocycles. The van der Waals surface area contributed by atoms with Crippen LogP contribution in [0.5, 0.6) is 0 Å². The lowest BCUT2D eigenvalue weighted by molar-refractivity contribution is -0.147. The molecule has 2 aliphatic rings. The van der Waals surface area contributed by atoms with Gasteiger partial charge in [0.2, 0.25) is 17.7 Å². The minimum Gasteiger partial charge on any atom is -0.336 e. The molecule has 0 spiro atoms. The summed E-state index contributed by atoms with van der Waals surface area (Å²) in [4.78, 5) is 61.1. The zero-order chi connectivity index (χ0) is 35.7. The van der Waals surface area contributed by atoms with Crippen LogP contribution in [0.15, 0.2) is 78.5 Å². The number of hydrogen-bond donors (Lipinski definition) is 4. The number of fused-ring (bicyclic) bond motifs is 1. The van der Waals surface area contributed by atoms with Gasteiger partial charge in [0.15, 0.2) is 0 Å². The number of aromatic nitrogens is 1. The number of piperidine rings is 1. The van der Waals surface area contributed by atoms with E-state index in [9.17, 15) is 19.2 Å². The lowest BCUT2D eigenvalue weighted by Crippen LogP contribution is -2.54. The molecule has 5 rings (SSSR count). The molecule has 0 bridgehead atoms. The molecule has 1 aromatic heterocycles. The first-order valence-corrected chi connectivity index (χ1v) is 17.5. The molecule has 0 saturated carbocycles. The van der Waals surface area contributed by atoms with Gasteiger partial charge in [-0.05, 0) is 99.5 Å². The van der Waals surface area contributed by atoms with E-state index >= 15 is 0 Å². The summed E-state index contributed by atoms with van der Waals surface area (Å²) in [6.45, 7) is 7.66. The maximum Gasteiger partial charge on any atom is 0.317 e. The fourth-order valence-electron chi connectivity index (χ4n) is 6.86. The van der Waals surface area contributed by atoms with E-state index in [1.165, 1.54) is 0 Å². The van der Waals surface area contributed by atoms with Crippen LogP contribution in [0.4, 0.5) is 16.3 Å². The molecule has 1 saturated heterocycles. The van der Waals surface area contributed by atoms with Crippen LogP contribution in [-0.4, -0.2) is 71.3 Å². The molecule has 50 heavy (non-hydrogen) atoms. The third-order valence-corrected chi connectivity index (χ3v) is 9.60. The van der Waals surface area contributed by atoms with Crippen LogP contribution in [0, 0.1) is 5.41 Å². The first-order chi connectivity index (χ1) is 24.1. The van der Waals surface area contributed by atoms with Gasteiger partial charge in [-0.2, -0.15) is 0 Å². The number of carbonyl (C=O) groups is 4. The Morgan fingerprint density at radius 1 is 0.940 bits per heavy atom. The number of anilines is 2. The van der Waals surface area contributed by atoms with E-state index < -0.39 is 5.41 Å². The second-order valence-corrected chi connectivity index (χ2v) is 13.6. The van der Waals surface area contributed by atoms with E-state index in [4.69, 9.17) is 0 Å². The van der Waals surface area contributed by atoms with Gasteiger partial charge in [-0.15, -0.1) is 0 Å². The van der Waals surface area contributed by atoms with Gasteiger partial charge in [0.1, 0.15) is 12.4 Å². The van der Waals surface area contributed by atoms with E-state index in [2.05, 4.69) is 26.3 Å². The molecule has 0 atom stereocenters. The summed E-state index contributed by atoms with van der Waals surface area (Å²) in [5.41, 5.74) is 5.15. The molecule has 2 heterocycles.